The molecule has 0 unspecified atom stereocenters. The van der Waals surface area contributed by atoms with Crippen LogP contribution in [0.25, 0.3) is 0 Å². The highest BCUT2D eigenvalue weighted by atomic mass is 32.2. The highest BCUT2D eigenvalue weighted by Gasteiger charge is 2.40. The Morgan fingerprint density at radius 1 is 0.925 bits per heavy atom. The van der Waals surface area contributed by atoms with Crippen LogP contribution in [0.4, 0.5) is 21.5 Å². The maximum absolute atomic E-state index is 13.6. The van der Waals surface area contributed by atoms with Crippen LogP contribution in [0.3, 0.4) is 0 Å². The Kier molecular flexibility index (Phi) is 7.56. The Morgan fingerprint density at radius 3 is 2.42 bits per heavy atom. The molecule has 0 fully saturated rings. The second kappa shape index (κ2) is 11.4. The lowest BCUT2D eigenvalue weighted by Crippen LogP contribution is -2.32. The van der Waals surface area contributed by atoms with E-state index in [0.29, 0.717) is 27.8 Å². The van der Waals surface area contributed by atoms with Crippen molar-refractivity contribution in [2.75, 3.05) is 29.8 Å². The van der Waals surface area contributed by atoms with Crippen molar-refractivity contribution in [2.45, 2.75) is 4.90 Å². The van der Waals surface area contributed by atoms with Gasteiger partial charge in [0.1, 0.15) is 27.9 Å². The Hall–Kier alpha value is -5.03. The summed E-state index contributed by atoms with van der Waals surface area (Å²) in [5.74, 6) is -1.08. The van der Waals surface area contributed by atoms with E-state index in [-0.39, 0.29) is 22.0 Å². The van der Waals surface area contributed by atoms with Crippen LogP contribution in [0.15, 0.2) is 105 Å². The van der Waals surface area contributed by atoms with Gasteiger partial charge in [0.05, 0.1) is 31.9 Å². The van der Waals surface area contributed by atoms with E-state index in [4.69, 9.17) is 13.9 Å². The highest BCUT2D eigenvalue weighted by Crippen LogP contribution is 2.40. The molecule has 9 nitrogen and oxygen atoms in total. The van der Waals surface area contributed by atoms with Gasteiger partial charge in [0, 0.05) is 16.6 Å². The number of furan rings is 1. The molecule has 40 heavy (non-hydrogen) atoms. The molecule has 0 aliphatic carbocycles. The number of ether oxygens (including phenoxy) is 2. The zero-order chi connectivity index (χ0) is 28.2. The number of nitrogens with one attached hydrogen (secondary N) is 2. The quantitative estimate of drug-likeness (QED) is 0.252. The third-order valence-corrected chi connectivity index (χ3v) is 6.92. The lowest BCUT2D eigenvalue weighted by molar-refractivity contribution is -0.120. The van der Waals surface area contributed by atoms with Crippen LogP contribution >= 0.6 is 11.8 Å². The fourth-order valence-corrected chi connectivity index (χ4v) is 4.92. The normalized spacial score (nSPS) is 13.0. The number of thioether (sulfide) groups is 1. The number of imide groups is 1. The highest BCUT2D eigenvalue weighted by molar-refractivity contribution is 8.04. The Labute approximate surface area is 232 Å². The minimum atomic E-state index is -0.626. The fraction of sp³-hybridized carbons (Fsp3) is 0.0690. The smallest absolute Gasteiger partial charge is 0.291 e. The summed E-state index contributed by atoms with van der Waals surface area (Å²) in [6, 6.07) is 20.0. The van der Waals surface area contributed by atoms with Crippen molar-refractivity contribution < 1.29 is 32.7 Å². The van der Waals surface area contributed by atoms with E-state index in [0.717, 1.165) is 16.7 Å². The predicted molar refractivity (Wildman–Crippen MR) is 148 cm³/mol. The average Bonchev–Trinajstić information content (AvgIpc) is 3.58. The zero-order valence-corrected chi connectivity index (χ0v) is 22.1. The van der Waals surface area contributed by atoms with Crippen molar-refractivity contribution in [3.05, 3.63) is 107 Å². The lowest BCUT2D eigenvalue weighted by atomic mass is 10.2. The van der Waals surface area contributed by atoms with E-state index in [2.05, 4.69) is 10.6 Å². The van der Waals surface area contributed by atoms with Gasteiger partial charge in [0.2, 0.25) is 0 Å². The molecule has 3 amide bonds. The standard InChI is InChI=1S/C29H22FN3O6S/c1-37-20-12-13-22(24(16-20)38-2)32-25-26(29(36)33(28(25)35)19-10-8-17(30)9-11-19)40-21-6-3-5-18(15-21)31-27(34)23-7-4-14-39-23/h3-16,32H,1-2H3,(H,31,34). The molecule has 202 valence electrons. The average molecular weight is 560 g/mol. The van der Waals surface area contributed by atoms with Crippen LogP contribution in [-0.2, 0) is 9.59 Å². The van der Waals surface area contributed by atoms with Gasteiger partial charge in [-0.25, -0.2) is 9.29 Å². The lowest BCUT2D eigenvalue weighted by Gasteiger charge is -2.16. The first-order chi connectivity index (χ1) is 19.4. The maximum Gasteiger partial charge on any atom is 0.291 e. The zero-order valence-electron chi connectivity index (χ0n) is 21.3. The van der Waals surface area contributed by atoms with Crippen molar-refractivity contribution in [3.63, 3.8) is 0 Å². The van der Waals surface area contributed by atoms with Crippen molar-refractivity contribution in [1.82, 2.24) is 0 Å². The molecule has 11 heteroatoms. The summed E-state index contributed by atoms with van der Waals surface area (Å²) in [6.45, 7) is 0. The fourth-order valence-electron chi connectivity index (χ4n) is 3.93. The molecule has 0 saturated heterocycles. The molecule has 1 aliphatic heterocycles. The van der Waals surface area contributed by atoms with Crippen LogP contribution in [0, 0.1) is 5.82 Å². The summed E-state index contributed by atoms with van der Waals surface area (Å²) in [6.07, 6.45) is 1.40. The van der Waals surface area contributed by atoms with Gasteiger partial charge >= 0.3 is 0 Å². The van der Waals surface area contributed by atoms with Crippen LogP contribution < -0.4 is 25.0 Å². The maximum atomic E-state index is 13.6. The number of anilines is 3. The number of benzene rings is 3. The Morgan fingerprint density at radius 2 is 1.73 bits per heavy atom. The summed E-state index contributed by atoms with van der Waals surface area (Å²) in [5.41, 5.74) is 1.11. The van der Waals surface area contributed by atoms with Gasteiger partial charge in [-0.3, -0.25) is 14.4 Å². The van der Waals surface area contributed by atoms with E-state index >= 15 is 0 Å². The molecule has 0 radical (unpaired) electrons. The van der Waals surface area contributed by atoms with Crippen LogP contribution in [0.1, 0.15) is 10.6 Å². The molecule has 0 spiro atoms. The summed E-state index contributed by atoms with van der Waals surface area (Å²) in [5, 5.41) is 5.79. The number of hydrogen-bond donors (Lipinski definition) is 2. The number of rotatable bonds is 9. The van der Waals surface area contributed by atoms with Gasteiger partial charge in [-0.05, 0) is 66.7 Å². The molecule has 0 atom stereocenters. The van der Waals surface area contributed by atoms with Crippen molar-refractivity contribution in [1.29, 1.82) is 0 Å². The first-order valence-electron chi connectivity index (χ1n) is 11.9. The van der Waals surface area contributed by atoms with E-state index in [1.165, 1.54) is 50.8 Å². The molecule has 4 aromatic rings. The largest absolute Gasteiger partial charge is 0.497 e. The number of amides is 3. The van der Waals surface area contributed by atoms with Gasteiger partial charge in [0.25, 0.3) is 17.7 Å². The number of hydrogen-bond acceptors (Lipinski definition) is 8. The van der Waals surface area contributed by atoms with Crippen LogP contribution in [0.2, 0.25) is 0 Å². The molecule has 1 aromatic heterocycles. The van der Waals surface area contributed by atoms with Gasteiger partial charge in [-0.1, -0.05) is 17.8 Å². The number of methoxy groups -OCH3 is 2. The second-order valence-corrected chi connectivity index (χ2v) is 9.46. The second-order valence-electron chi connectivity index (χ2n) is 8.38. The first kappa shape index (κ1) is 26.6. The van der Waals surface area contributed by atoms with E-state index < -0.39 is 23.5 Å². The van der Waals surface area contributed by atoms with Gasteiger partial charge in [-0.15, -0.1) is 0 Å². The Bertz CT molecular complexity index is 1620. The molecule has 2 heterocycles. The minimum Gasteiger partial charge on any atom is -0.497 e. The first-order valence-corrected chi connectivity index (χ1v) is 12.7. The van der Waals surface area contributed by atoms with Crippen molar-refractivity contribution in [3.8, 4) is 11.5 Å². The molecular weight excluding hydrogens is 537 g/mol. The monoisotopic (exact) mass is 559 g/mol. The van der Waals surface area contributed by atoms with Crippen LogP contribution in [0.5, 0.6) is 11.5 Å². The van der Waals surface area contributed by atoms with Crippen molar-refractivity contribution >= 4 is 46.5 Å². The van der Waals surface area contributed by atoms with E-state index in [1.807, 2.05) is 0 Å². The van der Waals surface area contributed by atoms with Gasteiger partial charge in [-0.2, -0.15) is 0 Å². The van der Waals surface area contributed by atoms with Crippen molar-refractivity contribution in [2.24, 2.45) is 0 Å². The summed E-state index contributed by atoms with van der Waals surface area (Å²) in [7, 11) is 2.99. The number of carbonyl (C=O) groups is 3. The topological polar surface area (TPSA) is 110 Å². The van der Waals surface area contributed by atoms with Gasteiger partial charge < -0.3 is 24.5 Å². The molecule has 0 bridgehead atoms. The molecular formula is C29H22FN3O6S. The molecule has 5 rings (SSSR count). The van der Waals surface area contributed by atoms with Gasteiger partial charge in [0.15, 0.2) is 5.76 Å². The number of carbonyl (C=O) groups excluding carboxylic acids is 3. The summed E-state index contributed by atoms with van der Waals surface area (Å²) < 4.78 is 29.4. The summed E-state index contributed by atoms with van der Waals surface area (Å²) in [4.78, 5) is 41.3. The van der Waals surface area contributed by atoms with E-state index in [1.54, 1.807) is 48.5 Å². The molecule has 3 aromatic carbocycles. The predicted octanol–water partition coefficient (Wildman–Crippen LogP) is 5.68. The number of halogens is 1. The molecule has 2 N–H and O–H groups in total. The molecule has 1 aliphatic rings. The SMILES string of the molecule is COc1ccc(NC2=C(Sc3cccc(NC(=O)c4ccco4)c3)C(=O)N(c3ccc(F)cc3)C2=O)c(OC)c1. The molecule has 0 saturated carbocycles. The van der Waals surface area contributed by atoms with E-state index in [9.17, 15) is 18.8 Å². The third kappa shape index (κ3) is 5.40. The van der Waals surface area contributed by atoms with Crippen LogP contribution in [-0.4, -0.2) is 31.9 Å². The Balaban J connectivity index is 1.50. The third-order valence-electron chi connectivity index (χ3n) is 5.85. The minimum absolute atomic E-state index is 0.00724. The number of nitrogens with zero attached hydrogens (tertiary/aromatic N) is 1. The summed E-state index contributed by atoms with van der Waals surface area (Å²) >= 11 is 1.04.